The molecular formula is C17H23N5O3. The minimum Gasteiger partial charge on any atom is -0.465 e. The first-order valence-corrected chi connectivity index (χ1v) is 8.00. The first-order valence-electron chi connectivity index (χ1n) is 8.00. The smallest absolute Gasteiger partial charge is 0.337 e. The van der Waals surface area contributed by atoms with Gasteiger partial charge in [0.05, 0.1) is 18.7 Å². The summed E-state index contributed by atoms with van der Waals surface area (Å²) in [6, 6.07) is 5.91. The molecular weight excluding hydrogens is 322 g/mol. The summed E-state index contributed by atoms with van der Waals surface area (Å²) in [5.41, 5.74) is 0.869. The molecule has 25 heavy (non-hydrogen) atoms. The summed E-state index contributed by atoms with van der Waals surface area (Å²) in [6.07, 6.45) is 2.18. The molecule has 2 rings (SSSR count). The molecule has 1 atom stereocenters. The fourth-order valence-electron chi connectivity index (χ4n) is 2.49. The molecule has 0 saturated carbocycles. The van der Waals surface area contributed by atoms with Crippen LogP contribution in [0.5, 0.6) is 0 Å². The highest BCUT2D eigenvalue weighted by atomic mass is 16.5. The number of hydrogen-bond acceptors (Lipinski definition) is 5. The predicted molar refractivity (Wildman–Crippen MR) is 93.1 cm³/mol. The van der Waals surface area contributed by atoms with Crippen molar-refractivity contribution in [3.8, 4) is 0 Å². The predicted octanol–water partition coefficient (Wildman–Crippen LogP) is 2.51. The summed E-state index contributed by atoms with van der Waals surface area (Å²) in [5.74, 6) is 0.595. The number of benzene rings is 1. The number of anilines is 1. The van der Waals surface area contributed by atoms with E-state index in [1.165, 1.54) is 13.4 Å². The lowest BCUT2D eigenvalue weighted by atomic mass is 10.0. The number of esters is 1. The summed E-state index contributed by atoms with van der Waals surface area (Å²) in [5, 5.41) is 9.70. The summed E-state index contributed by atoms with van der Waals surface area (Å²) in [4.78, 5) is 28.2. The fourth-order valence-corrected chi connectivity index (χ4v) is 2.49. The van der Waals surface area contributed by atoms with E-state index in [-0.39, 0.29) is 12.1 Å². The molecule has 0 spiro atoms. The van der Waals surface area contributed by atoms with Crippen LogP contribution in [0.3, 0.4) is 0 Å². The highest BCUT2D eigenvalue weighted by Gasteiger charge is 2.20. The Labute approximate surface area is 146 Å². The molecule has 0 bridgehead atoms. The second-order valence-electron chi connectivity index (χ2n) is 6.09. The van der Waals surface area contributed by atoms with Crippen molar-refractivity contribution in [3.05, 3.63) is 42.0 Å². The average Bonchev–Trinajstić information content (AvgIpc) is 2.99. The standard InChI is InChI=1S/C17H23N5O3/c1-11(2)8-14(15-18-10-19-22(15)3)21-17(24)20-13-7-5-6-12(9-13)16(23)25-4/h5-7,9-11,14H,8H2,1-4H3,(H2,20,21,24)/t14-/m0/s1. The van der Waals surface area contributed by atoms with Crippen LogP contribution in [0.15, 0.2) is 30.6 Å². The third-order valence-electron chi connectivity index (χ3n) is 3.61. The third kappa shape index (κ3) is 5.03. The van der Waals surface area contributed by atoms with Gasteiger partial charge in [0.15, 0.2) is 0 Å². The number of carbonyl (C=O) groups is 2. The molecule has 0 aliphatic heterocycles. The molecule has 0 unspecified atom stereocenters. The highest BCUT2D eigenvalue weighted by Crippen LogP contribution is 2.19. The zero-order valence-electron chi connectivity index (χ0n) is 14.8. The Hall–Kier alpha value is -2.90. The largest absolute Gasteiger partial charge is 0.465 e. The molecule has 8 heteroatoms. The summed E-state index contributed by atoms with van der Waals surface area (Å²) >= 11 is 0. The molecule has 0 radical (unpaired) electrons. The molecule has 0 fully saturated rings. The van der Waals surface area contributed by atoms with E-state index >= 15 is 0 Å². The van der Waals surface area contributed by atoms with Gasteiger partial charge in [0, 0.05) is 12.7 Å². The molecule has 0 aliphatic rings. The van der Waals surface area contributed by atoms with Crippen molar-refractivity contribution in [3.63, 3.8) is 0 Å². The Kier molecular flexibility index (Phi) is 6.10. The van der Waals surface area contributed by atoms with Gasteiger partial charge in [-0.25, -0.2) is 14.6 Å². The number of nitrogens with zero attached hydrogens (tertiary/aromatic N) is 3. The van der Waals surface area contributed by atoms with Crippen LogP contribution in [-0.4, -0.2) is 33.9 Å². The van der Waals surface area contributed by atoms with E-state index < -0.39 is 5.97 Å². The number of amides is 2. The Bertz CT molecular complexity index is 741. The number of aryl methyl sites for hydroxylation is 1. The number of nitrogens with one attached hydrogen (secondary N) is 2. The molecule has 1 aromatic carbocycles. The maximum atomic E-state index is 12.4. The van der Waals surface area contributed by atoms with Gasteiger partial charge < -0.3 is 15.4 Å². The Balaban J connectivity index is 2.09. The number of rotatable bonds is 6. The number of aromatic nitrogens is 3. The van der Waals surface area contributed by atoms with Crippen LogP contribution in [0.4, 0.5) is 10.5 Å². The minimum atomic E-state index is -0.458. The van der Waals surface area contributed by atoms with Crippen LogP contribution in [-0.2, 0) is 11.8 Å². The van der Waals surface area contributed by atoms with Gasteiger partial charge in [0.1, 0.15) is 12.2 Å². The molecule has 1 aromatic heterocycles. The maximum absolute atomic E-state index is 12.4. The van der Waals surface area contributed by atoms with E-state index in [2.05, 4.69) is 39.3 Å². The van der Waals surface area contributed by atoms with Crippen molar-refractivity contribution < 1.29 is 14.3 Å². The third-order valence-corrected chi connectivity index (χ3v) is 3.61. The van der Waals surface area contributed by atoms with Gasteiger partial charge >= 0.3 is 12.0 Å². The van der Waals surface area contributed by atoms with E-state index in [1.54, 1.807) is 36.0 Å². The Morgan fingerprint density at radius 2 is 2.08 bits per heavy atom. The first-order chi connectivity index (χ1) is 11.9. The highest BCUT2D eigenvalue weighted by molar-refractivity contribution is 5.93. The van der Waals surface area contributed by atoms with E-state index in [0.29, 0.717) is 23.0 Å². The number of ether oxygens (including phenoxy) is 1. The first kappa shape index (κ1) is 18.4. The van der Waals surface area contributed by atoms with Crippen molar-refractivity contribution in [2.24, 2.45) is 13.0 Å². The van der Waals surface area contributed by atoms with Crippen molar-refractivity contribution in [1.29, 1.82) is 0 Å². The van der Waals surface area contributed by atoms with Crippen molar-refractivity contribution in [1.82, 2.24) is 20.1 Å². The molecule has 2 amide bonds. The maximum Gasteiger partial charge on any atom is 0.337 e. The zero-order valence-corrected chi connectivity index (χ0v) is 14.8. The number of urea groups is 1. The molecule has 1 heterocycles. The number of carbonyl (C=O) groups excluding carboxylic acids is 2. The topological polar surface area (TPSA) is 98.1 Å². The quantitative estimate of drug-likeness (QED) is 0.784. The van der Waals surface area contributed by atoms with E-state index in [9.17, 15) is 9.59 Å². The second-order valence-corrected chi connectivity index (χ2v) is 6.09. The van der Waals surface area contributed by atoms with E-state index in [4.69, 9.17) is 0 Å². The van der Waals surface area contributed by atoms with Crippen LogP contribution < -0.4 is 10.6 Å². The van der Waals surface area contributed by atoms with Crippen molar-refractivity contribution >= 4 is 17.7 Å². The van der Waals surface area contributed by atoms with Gasteiger partial charge in [-0.15, -0.1) is 0 Å². The van der Waals surface area contributed by atoms with Gasteiger partial charge in [0.25, 0.3) is 0 Å². The lowest BCUT2D eigenvalue weighted by Crippen LogP contribution is -2.34. The Morgan fingerprint density at radius 3 is 2.68 bits per heavy atom. The van der Waals surface area contributed by atoms with Crippen LogP contribution in [0.2, 0.25) is 0 Å². The van der Waals surface area contributed by atoms with E-state index in [0.717, 1.165) is 6.42 Å². The SMILES string of the molecule is COC(=O)c1cccc(NC(=O)N[C@@H](CC(C)C)c2ncnn2C)c1. The van der Waals surface area contributed by atoms with Crippen molar-refractivity contribution in [2.45, 2.75) is 26.3 Å². The van der Waals surface area contributed by atoms with Gasteiger partial charge in [-0.3, -0.25) is 4.68 Å². The molecule has 2 N–H and O–H groups in total. The summed E-state index contributed by atoms with van der Waals surface area (Å²) < 4.78 is 6.33. The van der Waals surface area contributed by atoms with Gasteiger partial charge in [-0.1, -0.05) is 19.9 Å². The van der Waals surface area contributed by atoms with Crippen LogP contribution in [0.25, 0.3) is 0 Å². The second kappa shape index (κ2) is 8.27. The molecule has 0 saturated heterocycles. The molecule has 134 valence electrons. The minimum absolute atomic E-state index is 0.267. The zero-order chi connectivity index (χ0) is 18.4. The fraction of sp³-hybridized carbons (Fsp3) is 0.412. The van der Waals surface area contributed by atoms with Crippen LogP contribution in [0, 0.1) is 5.92 Å². The van der Waals surface area contributed by atoms with Crippen LogP contribution >= 0.6 is 0 Å². The number of methoxy groups -OCH3 is 1. The lowest BCUT2D eigenvalue weighted by Gasteiger charge is -2.20. The lowest BCUT2D eigenvalue weighted by molar-refractivity contribution is 0.0600. The monoisotopic (exact) mass is 345 g/mol. The van der Waals surface area contributed by atoms with Gasteiger partial charge in [0.2, 0.25) is 0 Å². The summed E-state index contributed by atoms with van der Waals surface area (Å²) in [7, 11) is 3.10. The van der Waals surface area contributed by atoms with E-state index in [1.807, 2.05) is 0 Å². The van der Waals surface area contributed by atoms with Crippen molar-refractivity contribution in [2.75, 3.05) is 12.4 Å². The van der Waals surface area contributed by atoms with Crippen LogP contribution in [0.1, 0.15) is 42.5 Å². The summed E-state index contributed by atoms with van der Waals surface area (Å²) in [6.45, 7) is 4.14. The Morgan fingerprint density at radius 1 is 1.32 bits per heavy atom. The molecule has 2 aromatic rings. The molecule has 0 aliphatic carbocycles. The normalized spacial score (nSPS) is 11.9. The number of hydrogen-bond donors (Lipinski definition) is 2. The van der Waals surface area contributed by atoms with Gasteiger partial charge in [-0.2, -0.15) is 5.10 Å². The molecule has 8 nitrogen and oxygen atoms in total. The van der Waals surface area contributed by atoms with Gasteiger partial charge in [-0.05, 0) is 30.5 Å². The average molecular weight is 345 g/mol.